The van der Waals surface area contributed by atoms with E-state index in [1.807, 2.05) is 56.3 Å². The van der Waals surface area contributed by atoms with E-state index < -0.39 is 0 Å². The van der Waals surface area contributed by atoms with Gasteiger partial charge in [-0.3, -0.25) is 14.2 Å². The van der Waals surface area contributed by atoms with Crippen LogP contribution >= 0.6 is 0 Å². The second-order valence-corrected chi connectivity index (χ2v) is 6.12. The Morgan fingerprint density at radius 2 is 1.93 bits per heavy atom. The SMILES string of the molecule is CCOc1ccc(-c2cc(=O)n(CC(=O)Nc3cccc(C)c3)cn2)cc1. The Morgan fingerprint density at radius 1 is 1.15 bits per heavy atom. The summed E-state index contributed by atoms with van der Waals surface area (Å²) in [5.74, 6) is 0.487. The van der Waals surface area contributed by atoms with E-state index in [0.29, 0.717) is 18.0 Å². The minimum Gasteiger partial charge on any atom is -0.494 e. The molecule has 2 aromatic carbocycles. The van der Waals surface area contributed by atoms with Gasteiger partial charge in [0.1, 0.15) is 12.3 Å². The molecule has 0 aliphatic heterocycles. The van der Waals surface area contributed by atoms with Crippen LogP contribution in [0.1, 0.15) is 12.5 Å². The van der Waals surface area contributed by atoms with Gasteiger partial charge in [0.2, 0.25) is 5.91 Å². The van der Waals surface area contributed by atoms with E-state index in [9.17, 15) is 9.59 Å². The van der Waals surface area contributed by atoms with Crippen molar-refractivity contribution in [1.29, 1.82) is 0 Å². The van der Waals surface area contributed by atoms with Crippen LogP contribution in [0.25, 0.3) is 11.3 Å². The lowest BCUT2D eigenvalue weighted by molar-refractivity contribution is -0.116. The molecule has 1 amide bonds. The van der Waals surface area contributed by atoms with Crippen LogP contribution in [-0.2, 0) is 11.3 Å². The van der Waals surface area contributed by atoms with Crippen LogP contribution in [0.15, 0.2) is 65.7 Å². The molecule has 0 atom stereocenters. The number of benzene rings is 2. The molecule has 138 valence electrons. The van der Waals surface area contributed by atoms with Gasteiger partial charge in [-0.1, -0.05) is 12.1 Å². The molecular weight excluding hydrogens is 342 g/mol. The van der Waals surface area contributed by atoms with Crippen molar-refractivity contribution in [1.82, 2.24) is 9.55 Å². The van der Waals surface area contributed by atoms with Gasteiger partial charge in [-0.05, 0) is 55.8 Å². The minimum atomic E-state index is -0.284. The maximum Gasteiger partial charge on any atom is 0.254 e. The smallest absolute Gasteiger partial charge is 0.254 e. The van der Waals surface area contributed by atoms with Crippen LogP contribution in [0.3, 0.4) is 0 Å². The molecule has 1 heterocycles. The Labute approximate surface area is 157 Å². The van der Waals surface area contributed by atoms with E-state index in [-0.39, 0.29) is 18.0 Å². The monoisotopic (exact) mass is 363 g/mol. The third-order valence-corrected chi connectivity index (χ3v) is 3.96. The molecule has 0 aliphatic carbocycles. The summed E-state index contributed by atoms with van der Waals surface area (Å²) in [4.78, 5) is 28.8. The molecule has 0 saturated carbocycles. The number of rotatable bonds is 6. The highest BCUT2D eigenvalue weighted by atomic mass is 16.5. The van der Waals surface area contributed by atoms with Gasteiger partial charge in [0.15, 0.2) is 0 Å². The Hall–Kier alpha value is -3.41. The second kappa shape index (κ2) is 8.31. The number of nitrogens with one attached hydrogen (secondary N) is 1. The molecular formula is C21H21N3O3. The fourth-order valence-corrected chi connectivity index (χ4v) is 2.67. The molecule has 3 aromatic rings. The van der Waals surface area contributed by atoms with Gasteiger partial charge < -0.3 is 10.1 Å². The zero-order chi connectivity index (χ0) is 19.2. The van der Waals surface area contributed by atoms with Crippen LogP contribution in [-0.4, -0.2) is 22.1 Å². The molecule has 3 rings (SSSR count). The second-order valence-electron chi connectivity index (χ2n) is 6.12. The number of nitrogens with zero attached hydrogens (tertiary/aromatic N) is 2. The Balaban J connectivity index is 1.71. The highest BCUT2D eigenvalue weighted by molar-refractivity contribution is 5.90. The van der Waals surface area contributed by atoms with Gasteiger partial charge in [0, 0.05) is 17.3 Å². The molecule has 0 fully saturated rings. The number of ether oxygens (including phenoxy) is 1. The highest BCUT2D eigenvalue weighted by Gasteiger charge is 2.08. The van der Waals surface area contributed by atoms with Crippen LogP contribution < -0.4 is 15.6 Å². The number of anilines is 1. The number of aromatic nitrogens is 2. The summed E-state index contributed by atoms with van der Waals surface area (Å²) in [6.07, 6.45) is 1.39. The maximum atomic E-state index is 12.3. The summed E-state index contributed by atoms with van der Waals surface area (Å²) in [6.45, 7) is 4.37. The van der Waals surface area contributed by atoms with Crippen LogP contribution in [0, 0.1) is 6.92 Å². The van der Waals surface area contributed by atoms with Crippen LogP contribution in [0.2, 0.25) is 0 Å². The first-order chi connectivity index (χ1) is 13.0. The third-order valence-electron chi connectivity index (χ3n) is 3.96. The van der Waals surface area contributed by atoms with Crippen molar-refractivity contribution in [2.24, 2.45) is 0 Å². The van der Waals surface area contributed by atoms with E-state index in [2.05, 4.69) is 10.3 Å². The summed E-state index contributed by atoms with van der Waals surface area (Å²) in [6, 6.07) is 16.3. The van der Waals surface area contributed by atoms with E-state index in [1.165, 1.54) is 17.0 Å². The van der Waals surface area contributed by atoms with Gasteiger partial charge >= 0.3 is 0 Å². The molecule has 6 nitrogen and oxygen atoms in total. The standard InChI is InChI=1S/C21H21N3O3/c1-3-27-18-9-7-16(8-10-18)19-12-21(26)24(14-22-19)13-20(25)23-17-6-4-5-15(2)11-17/h4-12,14H,3,13H2,1-2H3,(H,23,25). The fraction of sp³-hybridized carbons (Fsp3) is 0.190. The van der Waals surface area contributed by atoms with Crippen LogP contribution in [0.4, 0.5) is 5.69 Å². The van der Waals surface area contributed by atoms with Crippen molar-refractivity contribution in [2.75, 3.05) is 11.9 Å². The molecule has 1 aromatic heterocycles. The zero-order valence-corrected chi connectivity index (χ0v) is 15.3. The molecule has 0 spiro atoms. The lowest BCUT2D eigenvalue weighted by Crippen LogP contribution is -2.27. The van der Waals surface area contributed by atoms with Crippen molar-refractivity contribution in [3.05, 3.63) is 76.8 Å². The largest absolute Gasteiger partial charge is 0.494 e. The summed E-state index contributed by atoms with van der Waals surface area (Å²) >= 11 is 0. The van der Waals surface area contributed by atoms with Crippen molar-refractivity contribution in [2.45, 2.75) is 20.4 Å². The van der Waals surface area contributed by atoms with Gasteiger partial charge in [0.05, 0.1) is 18.6 Å². The average Bonchev–Trinajstić information content (AvgIpc) is 2.64. The predicted octanol–water partition coefficient (Wildman–Crippen LogP) is 3.26. The number of hydrogen-bond donors (Lipinski definition) is 1. The van der Waals surface area contributed by atoms with Crippen LogP contribution in [0.5, 0.6) is 5.75 Å². The molecule has 0 saturated heterocycles. The lowest BCUT2D eigenvalue weighted by atomic mass is 10.1. The Morgan fingerprint density at radius 3 is 2.59 bits per heavy atom. The number of hydrogen-bond acceptors (Lipinski definition) is 4. The number of amides is 1. The molecule has 1 N–H and O–H groups in total. The lowest BCUT2D eigenvalue weighted by Gasteiger charge is -2.09. The first kappa shape index (κ1) is 18.4. The Bertz CT molecular complexity index is 994. The third kappa shape index (κ3) is 4.82. The normalized spacial score (nSPS) is 10.4. The summed E-state index contributed by atoms with van der Waals surface area (Å²) < 4.78 is 6.69. The molecule has 0 unspecified atom stereocenters. The number of aryl methyl sites for hydroxylation is 1. The molecule has 0 bridgehead atoms. The number of carbonyl (C=O) groups is 1. The van der Waals surface area contributed by atoms with Gasteiger partial charge in [-0.25, -0.2) is 4.98 Å². The van der Waals surface area contributed by atoms with Crippen molar-refractivity contribution in [3.63, 3.8) is 0 Å². The van der Waals surface area contributed by atoms with Crippen molar-refractivity contribution in [3.8, 4) is 17.0 Å². The zero-order valence-electron chi connectivity index (χ0n) is 15.3. The first-order valence-electron chi connectivity index (χ1n) is 8.71. The van der Waals surface area contributed by atoms with E-state index >= 15 is 0 Å². The molecule has 27 heavy (non-hydrogen) atoms. The molecule has 0 radical (unpaired) electrons. The summed E-state index contributed by atoms with van der Waals surface area (Å²) in [5.41, 5.74) is 2.83. The predicted molar refractivity (Wildman–Crippen MR) is 105 cm³/mol. The quantitative estimate of drug-likeness (QED) is 0.730. The van der Waals surface area contributed by atoms with E-state index in [0.717, 1.165) is 16.9 Å². The minimum absolute atomic E-state index is 0.0939. The first-order valence-corrected chi connectivity index (χ1v) is 8.71. The fourth-order valence-electron chi connectivity index (χ4n) is 2.67. The van der Waals surface area contributed by atoms with Gasteiger partial charge in [0.25, 0.3) is 5.56 Å². The highest BCUT2D eigenvalue weighted by Crippen LogP contribution is 2.19. The maximum absolute atomic E-state index is 12.3. The number of carbonyl (C=O) groups excluding carboxylic acids is 1. The van der Waals surface area contributed by atoms with Crippen molar-refractivity contribution >= 4 is 11.6 Å². The molecule has 0 aliphatic rings. The average molecular weight is 363 g/mol. The van der Waals surface area contributed by atoms with E-state index in [1.54, 1.807) is 6.07 Å². The van der Waals surface area contributed by atoms with Gasteiger partial charge in [-0.15, -0.1) is 0 Å². The summed E-state index contributed by atoms with van der Waals surface area (Å²) in [7, 11) is 0. The van der Waals surface area contributed by atoms with E-state index in [4.69, 9.17) is 4.74 Å². The van der Waals surface area contributed by atoms with Gasteiger partial charge in [-0.2, -0.15) is 0 Å². The van der Waals surface area contributed by atoms with Crippen molar-refractivity contribution < 1.29 is 9.53 Å². The summed E-state index contributed by atoms with van der Waals surface area (Å²) in [5, 5.41) is 2.78. The topological polar surface area (TPSA) is 73.2 Å². The molecule has 6 heteroatoms. The Kier molecular flexibility index (Phi) is 5.66.